The molecular formula is C12H15BrCl2N2O3S. The summed E-state index contributed by atoms with van der Waals surface area (Å²) in [7, 11) is -3.95. The molecule has 1 rings (SSSR count). The van der Waals surface area contributed by atoms with Gasteiger partial charge in [-0.25, -0.2) is 8.42 Å². The van der Waals surface area contributed by atoms with Crippen LogP contribution in [0.4, 0.5) is 0 Å². The number of sulfonamides is 1. The number of likely N-dealkylation sites (N-methyl/N-ethyl adjacent to an activating group) is 2. The molecule has 0 unspecified atom stereocenters. The highest BCUT2D eigenvalue weighted by atomic mass is 79.9. The van der Waals surface area contributed by atoms with Crippen LogP contribution in [0.5, 0.6) is 0 Å². The van der Waals surface area contributed by atoms with Crippen LogP contribution in [0.25, 0.3) is 0 Å². The van der Waals surface area contributed by atoms with E-state index < -0.39 is 10.0 Å². The van der Waals surface area contributed by atoms with Crippen LogP contribution in [0.2, 0.25) is 10.0 Å². The maximum absolute atomic E-state index is 12.6. The second kappa shape index (κ2) is 7.78. The summed E-state index contributed by atoms with van der Waals surface area (Å²) in [5, 5.41) is 2.56. The van der Waals surface area contributed by atoms with Gasteiger partial charge in [-0.2, -0.15) is 4.31 Å². The van der Waals surface area contributed by atoms with Gasteiger partial charge in [0.2, 0.25) is 15.9 Å². The van der Waals surface area contributed by atoms with Gasteiger partial charge in [0, 0.05) is 17.6 Å². The Morgan fingerprint density at radius 2 is 1.81 bits per heavy atom. The van der Waals surface area contributed by atoms with Crippen molar-refractivity contribution in [3.8, 4) is 0 Å². The summed E-state index contributed by atoms with van der Waals surface area (Å²) < 4.78 is 26.8. The molecule has 9 heteroatoms. The third-order valence-electron chi connectivity index (χ3n) is 2.61. The first-order valence-corrected chi connectivity index (χ1v) is 9.14. The van der Waals surface area contributed by atoms with Crippen molar-refractivity contribution in [1.82, 2.24) is 9.62 Å². The molecule has 1 amide bonds. The lowest BCUT2D eigenvalue weighted by Gasteiger charge is -2.21. The third-order valence-corrected chi connectivity index (χ3v) is 5.91. The molecular weight excluding hydrogens is 403 g/mol. The number of benzene rings is 1. The van der Waals surface area contributed by atoms with E-state index in [0.29, 0.717) is 11.0 Å². The molecule has 1 aromatic rings. The second-order valence-corrected chi connectivity index (χ2v) is 7.69. The van der Waals surface area contributed by atoms with Crippen molar-refractivity contribution in [3.63, 3.8) is 0 Å². The Hall–Kier alpha value is -0.340. The fourth-order valence-electron chi connectivity index (χ4n) is 1.68. The van der Waals surface area contributed by atoms with E-state index in [9.17, 15) is 13.2 Å². The smallest absolute Gasteiger partial charge is 0.246 e. The lowest BCUT2D eigenvalue weighted by Crippen LogP contribution is -2.40. The molecule has 0 spiro atoms. The zero-order valence-corrected chi connectivity index (χ0v) is 15.4. The molecule has 0 fully saturated rings. The Bertz CT molecular complexity index is 614. The molecule has 0 bridgehead atoms. The zero-order valence-electron chi connectivity index (χ0n) is 11.5. The van der Waals surface area contributed by atoms with Crippen molar-refractivity contribution >= 4 is 55.1 Å². The average Bonchev–Trinajstić information content (AvgIpc) is 2.34. The van der Waals surface area contributed by atoms with Gasteiger partial charge in [0.25, 0.3) is 0 Å². The maximum atomic E-state index is 12.6. The molecule has 0 aliphatic rings. The second-order valence-electron chi connectivity index (χ2n) is 4.08. The highest BCUT2D eigenvalue weighted by Gasteiger charge is 2.29. The number of nitrogens with zero attached hydrogens (tertiary/aromatic N) is 1. The summed E-state index contributed by atoms with van der Waals surface area (Å²) in [6.07, 6.45) is 0. The van der Waals surface area contributed by atoms with E-state index in [1.165, 1.54) is 12.1 Å². The Kier molecular flexibility index (Phi) is 6.93. The lowest BCUT2D eigenvalue weighted by molar-refractivity contribution is -0.121. The standard InChI is InChI=1S/C12H15BrCl2N2O3S/c1-3-16-11(18)7-17(4-2)21(19,20)12-9(14)5-8(13)6-10(12)15/h5-6H,3-4,7H2,1-2H3,(H,16,18). The van der Waals surface area contributed by atoms with Gasteiger partial charge in [0.05, 0.1) is 16.6 Å². The molecule has 21 heavy (non-hydrogen) atoms. The summed E-state index contributed by atoms with van der Waals surface area (Å²) in [5.74, 6) is -0.382. The summed E-state index contributed by atoms with van der Waals surface area (Å²) in [4.78, 5) is 11.4. The van der Waals surface area contributed by atoms with Crippen molar-refractivity contribution in [3.05, 3.63) is 26.7 Å². The van der Waals surface area contributed by atoms with Crippen LogP contribution in [0, 0.1) is 0 Å². The topological polar surface area (TPSA) is 66.5 Å². The summed E-state index contributed by atoms with van der Waals surface area (Å²) in [6.45, 7) is 3.66. The van der Waals surface area contributed by atoms with Crippen molar-refractivity contribution < 1.29 is 13.2 Å². The Morgan fingerprint density at radius 1 is 1.29 bits per heavy atom. The first-order chi connectivity index (χ1) is 9.73. The summed E-state index contributed by atoms with van der Waals surface area (Å²) in [6, 6.07) is 2.89. The predicted octanol–water partition coefficient (Wildman–Crippen LogP) is 2.90. The van der Waals surface area contributed by atoms with E-state index in [0.717, 1.165) is 4.31 Å². The number of hydrogen-bond donors (Lipinski definition) is 1. The zero-order chi connectivity index (χ0) is 16.2. The van der Waals surface area contributed by atoms with E-state index in [1.807, 2.05) is 0 Å². The Morgan fingerprint density at radius 3 is 2.24 bits per heavy atom. The molecule has 0 aliphatic heterocycles. The minimum atomic E-state index is -3.95. The van der Waals surface area contributed by atoms with Crippen LogP contribution in [-0.2, 0) is 14.8 Å². The van der Waals surface area contributed by atoms with E-state index in [4.69, 9.17) is 23.2 Å². The maximum Gasteiger partial charge on any atom is 0.246 e. The van der Waals surface area contributed by atoms with E-state index in [1.54, 1.807) is 13.8 Å². The van der Waals surface area contributed by atoms with Gasteiger partial charge in [-0.1, -0.05) is 46.1 Å². The minimum absolute atomic E-state index is 0.00345. The normalized spacial score (nSPS) is 11.7. The molecule has 0 aliphatic carbocycles. The minimum Gasteiger partial charge on any atom is -0.355 e. The number of hydrogen-bond acceptors (Lipinski definition) is 3. The third kappa shape index (κ3) is 4.56. The van der Waals surface area contributed by atoms with Crippen molar-refractivity contribution in [2.24, 2.45) is 0 Å². The van der Waals surface area contributed by atoms with Crippen molar-refractivity contribution in [2.75, 3.05) is 19.6 Å². The van der Waals surface area contributed by atoms with Crippen LogP contribution in [0.15, 0.2) is 21.5 Å². The first-order valence-electron chi connectivity index (χ1n) is 6.15. The fraction of sp³-hybridized carbons (Fsp3) is 0.417. The number of amides is 1. The van der Waals surface area contributed by atoms with Crippen LogP contribution < -0.4 is 5.32 Å². The highest BCUT2D eigenvalue weighted by molar-refractivity contribution is 9.10. The number of carbonyl (C=O) groups excluding carboxylic acids is 1. The quantitative estimate of drug-likeness (QED) is 0.773. The fourth-order valence-corrected chi connectivity index (χ4v) is 4.97. The molecule has 0 heterocycles. The summed E-state index contributed by atoms with van der Waals surface area (Å²) >= 11 is 15.2. The predicted molar refractivity (Wildman–Crippen MR) is 87.3 cm³/mol. The molecule has 118 valence electrons. The SMILES string of the molecule is CCNC(=O)CN(CC)S(=O)(=O)c1c(Cl)cc(Br)cc1Cl. The van der Waals surface area contributed by atoms with Crippen molar-refractivity contribution in [1.29, 1.82) is 0 Å². The van der Waals surface area contributed by atoms with Crippen LogP contribution in [0.3, 0.4) is 0 Å². The molecule has 0 saturated carbocycles. The number of nitrogens with one attached hydrogen (secondary N) is 1. The molecule has 0 aromatic heterocycles. The summed E-state index contributed by atoms with van der Waals surface area (Å²) in [5.41, 5.74) is 0. The molecule has 1 N–H and O–H groups in total. The number of halogens is 3. The van der Waals surface area contributed by atoms with Gasteiger partial charge in [-0.15, -0.1) is 0 Å². The molecule has 0 saturated heterocycles. The van der Waals surface area contributed by atoms with Gasteiger partial charge in [0.15, 0.2) is 0 Å². The number of carbonyl (C=O) groups is 1. The molecule has 0 radical (unpaired) electrons. The first kappa shape index (κ1) is 18.7. The van der Waals surface area contributed by atoms with Crippen molar-refractivity contribution in [2.45, 2.75) is 18.7 Å². The van der Waals surface area contributed by atoms with Crippen LogP contribution in [0.1, 0.15) is 13.8 Å². The van der Waals surface area contributed by atoms with Gasteiger partial charge in [0.1, 0.15) is 4.90 Å². The van der Waals surface area contributed by atoms with Crippen LogP contribution >= 0.6 is 39.1 Å². The number of rotatable bonds is 6. The van der Waals surface area contributed by atoms with Crippen LogP contribution in [-0.4, -0.2) is 38.3 Å². The largest absolute Gasteiger partial charge is 0.355 e. The molecule has 1 aromatic carbocycles. The van der Waals surface area contributed by atoms with Gasteiger partial charge >= 0.3 is 0 Å². The van der Waals surface area contributed by atoms with E-state index in [2.05, 4.69) is 21.2 Å². The molecule has 5 nitrogen and oxygen atoms in total. The lowest BCUT2D eigenvalue weighted by atomic mass is 10.4. The van der Waals surface area contributed by atoms with E-state index in [-0.39, 0.29) is 33.9 Å². The molecule has 0 atom stereocenters. The Labute approximate surface area is 142 Å². The van der Waals surface area contributed by atoms with Gasteiger partial charge < -0.3 is 5.32 Å². The van der Waals surface area contributed by atoms with Gasteiger partial charge in [-0.3, -0.25) is 4.79 Å². The Balaban J connectivity index is 3.23. The monoisotopic (exact) mass is 416 g/mol. The van der Waals surface area contributed by atoms with E-state index >= 15 is 0 Å². The van der Waals surface area contributed by atoms with Gasteiger partial charge in [-0.05, 0) is 19.1 Å². The highest BCUT2D eigenvalue weighted by Crippen LogP contribution is 2.34. The average molecular weight is 418 g/mol.